The van der Waals surface area contributed by atoms with Gasteiger partial charge in [-0.2, -0.15) is 0 Å². The number of carboxylic acids is 1. The summed E-state index contributed by atoms with van der Waals surface area (Å²) in [6.07, 6.45) is 0. The standard InChI is InChI=1S/C15H15NO4S/c1-8-5-4-6-9(2)12(8)20-7-11(17)14-16-10(3)13(21-14)15(18)19/h4-6H,7H2,1-3H3,(H,18,19). The molecule has 0 radical (unpaired) electrons. The first kappa shape index (κ1) is 15.2. The van der Waals surface area contributed by atoms with Crippen LogP contribution >= 0.6 is 11.3 Å². The Bertz CT molecular complexity index is 685. The summed E-state index contributed by atoms with van der Waals surface area (Å²) in [7, 11) is 0. The van der Waals surface area contributed by atoms with Gasteiger partial charge in [-0.05, 0) is 31.9 Å². The molecule has 0 fully saturated rings. The fraction of sp³-hybridized carbons (Fsp3) is 0.267. The number of aromatic nitrogens is 1. The van der Waals surface area contributed by atoms with Crippen molar-refractivity contribution >= 4 is 23.1 Å². The van der Waals surface area contributed by atoms with E-state index in [-0.39, 0.29) is 22.3 Å². The molecule has 5 nitrogen and oxygen atoms in total. The van der Waals surface area contributed by atoms with E-state index in [2.05, 4.69) is 4.98 Å². The molecular weight excluding hydrogens is 290 g/mol. The number of carbonyl (C=O) groups excluding carboxylic acids is 1. The second-order valence-corrected chi connectivity index (χ2v) is 5.67. The second-order valence-electron chi connectivity index (χ2n) is 4.67. The Morgan fingerprint density at radius 1 is 1.24 bits per heavy atom. The molecule has 1 aromatic carbocycles. The van der Waals surface area contributed by atoms with Crippen molar-refractivity contribution in [2.24, 2.45) is 0 Å². The number of nitrogens with zero attached hydrogens (tertiary/aromatic N) is 1. The molecule has 0 unspecified atom stereocenters. The van der Waals surface area contributed by atoms with Crippen LogP contribution in [-0.4, -0.2) is 28.4 Å². The molecule has 6 heteroatoms. The number of thiazole rings is 1. The summed E-state index contributed by atoms with van der Waals surface area (Å²) in [6.45, 7) is 5.23. The molecule has 0 aliphatic heterocycles. The largest absolute Gasteiger partial charge is 0.485 e. The quantitative estimate of drug-likeness (QED) is 0.859. The Kier molecular flexibility index (Phi) is 4.37. The van der Waals surface area contributed by atoms with Crippen LogP contribution in [-0.2, 0) is 0 Å². The van der Waals surface area contributed by atoms with E-state index in [1.54, 1.807) is 6.92 Å². The maximum Gasteiger partial charge on any atom is 0.347 e. The highest BCUT2D eigenvalue weighted by Gasteiger charge is 2.19. The van der Waals surface area contributed by atoms with Gasteiger partial charge in [-0.25, -0.2) is 9.78 Å². The topological polar surface area (TPSA) is 76.5 Å². The number of Topliss-reactive ketones (excluding diaryl/α,β-unsaturated/α-hetero) is 1. The summed E-state index contributed by atoms with van der Waals surface area (Å²) in [4.78, 5) is 27.1. The van der Waals surface area contributed by atoms with Crippen molar-refractivity contribution < 1.29 is 19.4 Å². The fourth-order valence-electron chi connectivity index (χ4n) is 1.94. The third-order valence-electron chi connectivity index (χ3n) is 2.99. The van der Waals surface area contributed by atoms with E-state index in [0.717, 1.165) is 22.5 Å². The minimum absolute atomic E-state index is 0.0884. The lowest BCUT2D eigenvalue weighted by Gasteiger charge is -2.10. The van der Waals surface area contributed by atoms with Crippen LogP contribution in [0.5, 0.6) is 5.75 Å². The van der Waals surface area contributed by atoms with Gasteiger partial charge in [0.25, 0.3) is 0 Å². The number of hydrogen-bond acceptors (Lipinski definition) is 5. The average molecular weight is 305 g/mol. The summed E-state index contributed by atoms with van der Waals surface area (Å²) in [5, 5.41) is 9.13. The van der Waals surface area contributed by atoms with E-state index >= 15 is 0 Å². The molecule has 21 heavy (non-hydrogen) atoms. The molecule has 1 N–H and O–H groups in total. The van der Waals surface area contributed by atoms with Gasteiger partial charge >= 0.3 is 5.97 Å². The highest BCUT2D eigenvalue weighted by molar-refractivity contribution is 7.15. The van der Waals surface area contributed by atoms with E-state index in [0.29, 0.717) is 11.4 Å². The highest BCUT2D eigenvalue weighted by atomic mass is 32.1. The predicted octanol–water partition coefficient (Wildman–Crippen LogP) is 3.03. The van der Waals surface area contributed by atoms with Crippen LogP contribution in [0.2, 0.25) is 0 Å². The average Bonchev–Trinajstić information content (AvgIpc) is 2.80. The Morgan fingerprint density at radius 2 is 1.86 bits per heavy atom. The Hall–Kier alpha value is -2.21. The number of hydrogen-bond donors (Lipinski definition) is 1. The van der Waals surface area contributed by atoms with Gasteiger partial charge < -0.3 is 9.84 Å². The van der Waals surface area contributed by atoms with Gasteiger partial charge in [0.05, 0.1) is 5.69 Å². The molecule has 2 rings (SSSR count). The Balaban J connectivity index is 2.12. The van der Waals surface area contributed by atoms with Gasteiger partial charge in [0.2, 0.25) is 5.78 Å². The van der Waals surface area contributed by atoms with Gasteiger partial charge in [-0.3, -0.25) is 4.79 Å². The molecule has 0 aliphatic carbocycles. The van der Waals surface area contributed by atoms with E-state index in [9.17, 15) is 9.59 Å². The van der Waals surface area contributed by atoms with Crippen LogP contribution in [0.3, 0.4) is 0 Å². The highest BCUT2D eigenvalue weighted by Crippen LogP contribution is 2.23. The van der Waals surface area contributed by atoms with E-state index in [1.165, 1.54) is 0 Å². The lowest BCUT2D eigenvalue weighted by atomic mass is 10.1. The maximum absolute atomic E-state index is 12.1. The van der Waals surface area contributed by atoms with Gasteiger partial charge in [-0.1, -0.05) is 18.2 Å². The number of benzene rings is 1. The first-order chi connectivity index (χ1) is 9.90. The third kappa shape index (κ3) is 3.28. The van der Waals surface area contributed by atoms with Crippen molar-refractivity contribution in [3.8, 4) is 5.75 Å². The van der Waals surface area contributed by atoms with Crippen LogP contribution in [0.25, 0.3) is 0 Å². The van der Waals surface area contributed by atoms with Crippen molar-refractivity contribution in [1.82, 2.24) is 4.98 Å². The summed E-state index contributed by atoms with van der Waals surface area (Å²) in [5.74, 6) is -0.712. The van der Waals surface area contributed by atoms with Crippen molar-refractivity contribution in [2.45, 2.75) is 20.8 Å². The third-order valence-corrected chi connectivity index (χ3v) is 4.17. The molecule has 0 saturated carbocycles. The molecule has 1 aromatic heterocycles. The SMILES string of the molecule is Cc1cccc(C)c1OCC(=O)c1nc(C)c(C(=O)O)s1. The number of para-hydroxylation sites is 1. The summed E-state index contributed by atoms with van der Waals surface area (Å²) >= 11 is 0.879. The predicted molar refractivity (Wildman–Crippen MR) is 79.6 cm³/mol. The molecule has 0 saturated heterocycles. The number of carbonyl (C=O) groups is 2. The minimum Gasteiger partial charge on any atom is -0.485 e. The molecule has 0 spiro atoms. The first-order valence-electron chi connectivity index (χ1n) is 6.33. The molecule has 1 heterocycles. The van der Waals surface area contributed by atoms with Crippen molar-refractivity contribution in [1.29, 1.82) is 0 Å². The van der Waals surface area contributed by atoms with Crippen molar-refractivity contribution in [3.63, 3.8) is 0 Å². The number of ketones is 1. The maximum atomic E-state index is 12.1. The van der Waals surface area contributed by atoms with E-state index < -0.39 is 5.97 Å². The lowest BCUT2D eigenvalue weighted by molar-refractivity contribution is 0.0701. The zero-order valence-electron chi connectivity index (χ0n) is 12.0. The van der Waals surface area contributed by atoms with Crippen LogP contribution in [0, 0.1) is 20.8 Å². The number of aromatic carboxylic acids is 1. The lowest BCUT2D eigenvalue weighted by Crippen LogP contribution is -2.12. The Labute approximate surface area is 126 Å². The molecule has 2 aromatic rings. The van der Waals surface area contributed by atoms with Gasteiger partial charge in [0, 0.05) is 0 Å². The van der Waals surface area contributed by atoms with Crippen LogP contribution in [0.4, 0.5) is 0 Å². The first-order valence-corrected chi connectivity index (χ1v) is 7.14. The molecule has 110 valence electrons. The number of rotatable bonds is 5. The number of carboxylic acid groups (broad SMARTS) is 1. The molecule has 0 atom stereocenters. The van der Waals surface area contributed by atoms with Crippen molar-refractivity contribution in [3.05, 3.63) is 44.9 Å². The molecular formula is C15H15NO4S. The number of aryl methyl sites for hydroxylation is 3. The number of ether oxygens (including phenoxy) is 1. The normalized spacial score (nSPS) is 10.4. The van der Waals surface area contributed by atoms with Crippen LogP contribution in [0.15, 0.2) is 18.2 Å². The summed E-state index contributed by atoms with van der Waals surface area (Å²) in [6, 6.07) is 5.73. The van der Waals surface area contributed by atoms with E-state index in [4.69, 9.17) is 9.84 Å². The summed E-state index contributed by atoms with van der Waals surface area (Å²) < 4.78 is 5.56. The van der Waals surface area contributed by atoms with Gasteiger partial charge in [-0.15, -0.1) is 11.3 Å². The van der Waals surface area contributed by atoms with Crippen LogP contribution in [0.1, 0.15) is 36.3 Å². The smallest absolute Gasteiger partial charge is 0.347 e. The van der Waals surface area contributed by atoms with Gasteiger partial charge in [0.15, 0.2) is 11.6 Å². The van der Waals surface area contributed by atoms with Crippen LogP contribution < -0.4 is 4.74 Å². The molecule has 0 bridgehead atoms. The minimum atomic E-state index is -1.07. The van der Waals surface area contributed by atoms with Crippen molar-refractivity contribution in [2.75, 3.05) is 6.61 Å². The summed E-state index contributed by atoms with van der Waals surface area (Å²) in [5.41, 5.74) is 2.25. The fourth-order valence-corrected chi connectivity index (χ4v) is 2.77. The monoisotopic (exact) mass is 305 g/mol. The Morgan fingerprint density at radius 3 is 2.38 bits per heavy atom. The second kappa shape index (κ2) is 6.05. The van der Waals surface area contributed by atoms with Gasteiger partial charge in [0.1, 0.15) is 10.6 Å². The van der Waals surface area contributed by atoms with E-state index in [1.807, 2.05) is 32.0 Å². The zero-order chi connectivity index (χ0) is 15.6. The zero-order valence-corrected chi connectivity index (χ0v) is 12.8. The molecule has 0 amide bonds. The molecule has 0 aliphatic rings.